The molecule has 5 heteroatoms. The number of rotatable bonds is 2. The third-order valence-corrected chi connectivity index (χ3v) is 7.66. The van der Waals surface area contributed by atoms with E-state index >= 15 is 0 Å². The second-order valence-corrected chi connectivity index (χ2v) is 8.84. The lowest BCUT2D eigenvalue weighted by molar-refractivity contribution is -0.171. The van der Waals surface area contributed by atoms with Crippen LogP contribution in [-0.4, -0.2) is 27.4 Å². The van der Waals surface area contributed by atoms with Gasteiger partial charge in [-0.25, -0.2) is 0 Å². The van der Waals surface area contributed by atoms with Crippen LogP contribution in [0.2, 0.25) is 0 Å². The average molecular weight is 394 g/mol. The van der Waals surface area contributed by atoms with Crippen LogP contribution in [0, 0.1) is 17.3 Å². The molecule has 4 aliphatic rings. The van der Waals surface area contributed by atoms with Gasteiger partial charge in [-0.2, -0.15) is 0 Å². The van der Waals surface area contributed by atoms with Crippen molar-refractivity contribution in [1.82, 2.24) is 0 Å². The van der Waals surface area contributed by atoms with Gasteiger partial charge in [0.05, 0.1) is 17.1 Å². The summed E-state index contributed by atoms with van der Waals surface area (Å²) in [5.41, 5.74) is 1.99. The van der Waals surface area contributed by atoms with Crippen molar-refractivity contribution in [2.24, 2.45) is 17.3 Å². The highest BCUT2D eigenvalue weighted by Crippen LogP contribution is 2.61. The van der Waals surface area contributed by atoms with Crippen molar-refractivity contribution >= 4 is 5.97 Å². The summed E-state index contributed by atoms with van der Waals surface area (Å²) in [5, 5.41) is 31.0. The minimum absolute atomic E-state index is 0.0400. The number of carbonyl (C=O) groups excluding carboxylic acids is 1. The van der Waals surface area contributed by atoms with Gasteiger partial charge in [0.25, 0.3) is 5.95 Å². The largest absolute Gasteiger partial charge is 0.508 e. The summed E-state index contributed by atoms with van der Waals surface area (Å²) < 4.78 is 5.41. The van der Waals surface area contributed by atoms with Gasteiger partial charge < -0.3 is 20.1 Å². The predicted molar refractivity (Wildman–Crippen MR) is 107 cm³/mol. The van der Waals surface area contributed by atoms with E-state index in [-0.39, 0.29) is 11.9 Å². The van der Waals surface area contributed by atoms with Crippen LogP contribution in [0.1, 0.15) is 49.1 Å². The van der Waals surface area contributed by atoms with E-state index in [4.69, 9.17) is 4.74 Å². The molecular formula is C24H26O5. The first-order valence-electron chi connectivity index (χ1n) is 10.5. The summed E-state index contributed by atoms with van der Waals surface area (Å²) >= 11 is 0. The van der Waals surface area contributed by atoms with Crippen molar-refractivity contribution in [1.29, 1.82) is 0 Å². The fraction of sp³-hybridized carbons (Fsp3) is 0.458. The Hall–Kier alpha value is -2.53. The summed E-state index contributed by atoms with van der Waals surface area (Å²) in [5.74, 6) is 0.0821. The van der Waals surface area contributed by atoms with Crippen LogP contribution in [0.3, 0.4) is 0 Å². The fourth-order valence-corrected chi connectivity index (χ4v) is 6.37. The molecule has 2 saturated carbocycles. The number of aliphatic hydroxyl groups is 2. The van der Waals surface area contributed by atoms with Crippen molar-refractivity contribution in [3.8, 4) is 5.75 Å². The Morgan fingerprint density at radius 1 is 1.10 bits per heavy atom. The number of aromatic hydroxyl groups is 1. The minimum Gasteiger partial charge on any atom is -0.508 e. The number of phenolic OH excluding ortho intramolecular Hbond substituents is 1. The van der Waals surface area contributed by atoms with Crippen molar-refractivity contribution in [2.45, 2.75) is 50.5 Å². The van der Waals surface area contributed by atoms with Crippen LogP contribution in [0.25, 0.3) is 0 Å². The van der Waals surface area contributed by atoms with Gasteiger partial charge in [-0.1, -0.05) is 18.2 Å². The van der Waals surface area contributed by atoms with Gasteiger partial charge in [0.1, 0.15) is 5.75 Å². The number of benzene rings is 1. The quantitative estimate of drug-likeness (QED) is 0.521. The van der Waals surface area contributed by atoms with Crippen molar-refractivity contribution < 1.29 is 24.9 Å². The molecule has 0 radical (unpaired) electrons. The smallest absolute Gasteiger partial charge is 0.322 e. The number of phenols is 1. The Morgan fingerprint density at radius 2 is 1.90 bits per heavy atom. The monoisotopic (exact) mass is 394 g/mol. The molecule has 0 aliphatic heterocycles. The zero-order valence-electron chi connectivity index (χ0n) is 16.3. The standard InChI is InChI=1S/C24H26O5/c25-16-6-8-17-15(13-16)5-7-19-18(17)11-12-24(20(19)9-10-21(24)26)23(28)29-22(27)14-3-1-2-4-14/h1-4,6,8,13,18-21,25-27H,5,7,9-12H2/t18-,19-,20+,21+,24-/m1/s1. The topological polar surface area (TPSA) is 87.0 Å². The number of aliphatic hydroxyl groups excluding tert-OH is 2. The molecule has 0 amide bonds. The summed E-state index contributed by atoms with van der Waals surface area (Å²) in [7, 11) is 0. The predicted octanol–water partition coefficient (Wildman–Crippen LogP) is 4.03. The van der Waals surface area contributed by atoms with E-state index in [2.05, 4.69) is 0 Å². The minimum atomic E-state index is -0.948. The molecule has 3 N–H and O–H groups in total. The van der Waals surface area contributed by atoms with Crippen LogP contribution in [0.5, 0.6) is 5.75 Å². The van der Waals surface area contributed by atoms with Gasteiger partial charge in [-0.15, -0.1) is 0 Å². The van der Waals surface area contributed by atoms with E-state index in [1.54, 1.807) is 30.4 Å². The third-order valence-electron chi connectivity index (χ3n) is 7.66. The van der Waals surface area contributed by atoms with Crippen LogP contribution < -0.4 is 0 Å². The SMILES string of the molecule is O=C(OC(O)=C1C=CC=C1)[C@]12CC[C@@H]3c4ccc(O)cc4CC[C@H]3[C@@H]1CC[C@@H]2O. The molecule has 0 saturated heterocycles. The highest BCUT2D eigenvalue weighted by atomic mass is 16.6. The summed E-state index contributed by atoms with van der Waals surface area (Å²) in [6, 6.07) is 5.62. The van der Waals surface area contributed by atoms with Gasteiger partial charge in [-0.05, 0) is 91.7 Å². The number of carbonyl (C=O) groups is 1. The number of fused-ring (bicyclic) bond motifs is 5. The maximum atomic E-state index is 13.3. The lowest BCUT2D eigenvalue weighted by atomic mass is 9.54. The molecule has 0 heterocycles. The number of ether oxygens (including phenoxy) is 1. The van der Waals surface area contributed by atoms with Gasteiger partial charge in [0.2, 0.25) is 0 Å². The van der Waals surface area contributed by atoms with Crippen molar-refractivity contribution in [2.75, 3.05) is 0 Å². The first-order chi connectivity index (χ1) is 14.0. The van der Waals surface area contributed by atoms with Crippen LogP contribution in [-0.2, 0) is 16.0 Å². The summed E-state index contributed by atoms with van der Waals surface area (Å²) in [4.78, 5) is 13.3. The molecule has 2 fully saturated rings. The van der Waals surface area contributed by atoms with Crippen LogP contribution in [0.4, 0.5) is 0 Å². The zero-order chi connectivity index (χ0) is 20.2. The molecule has 1 aromatic rings. The molecule has 0 unspecified atom stereocenters. The first-order valence-corrected chi connectivity index (χ1v) is 10.5. The van der Waals surface area contributed by atoms with Crippen LogP contribution >= 0.6 is 0 Å². The number of esters is 1. The molecule has 1 aromatic carbocycles. The summed E-state index contributed by atoms with van der Waals surface area (Å²) in [6.45, 7) is 0. The van der Waals surface area contributed by atoms with E-state index in [1.165, 1.54) is 11.1 Å². The Bertz CT molecular complexity index is 929. The molecule has 5 nitrogen and oxygen atoms in total. The van der Waals surface area contributed by atoms with Crippen LogP contribution in [0.15, 0.2) is 54.0 Å². The molecule has 5 rings (SSSR count). The van der Waals surface area contributed by atoms with Gasteiger partial charge >= 0.3 is 5.97 Å². The Morgan fingerprint density at radius 3 is 2.69 bits per heavy atom. The first kappa shape index (κ1) is 18.5. The third kappa shape index (κ3) is 2.75. The Kier molecular flexibility index (Phi) is 4.32. The molecule has 29 heavy (non-hydrogen) atoms. The van der Waals surface area contributed by atoms with E-state index < -0.39 is 17.5 Å². The Balaban J connectivity index is 1.46. The molecule has 0 spiro atoms. The zero-order valence-corrected chi connectivity index (χ0v) is 16.3. The number of allylic oxidation sites excluding steroid dienone is 5. The number of aryl methyl sites for hydroxylation is 1. The Labute approximate surface area is 170 Å². The fourth-order valence-electron chi connectivity index (χ4n) is 6.37. The van der Waals surface area contributed by atoms with Gasteiger partial charge in [0.15, 0.2) is 0 Å². The van der Waals surface area contributed by atoms with E-state index in [0.717, 1.165) is 25.7 Å². The number of hydrogen-bond acceptors (Lipinski definition) is 5. The second-order valence-electron chi connectivity index (χ2n) is 8.84. The molecule has 4 aliphatic carbocycles. The van der Waals surface area contributed by atoms with E-state index in [1.807, 2.05) is 12.1 Å². The highest BCUT2D eigenvalue weighted by Gasteiger charge is 2.62. The molecular weight excluding hydrogens is 368 g/mol. The lowest BCUT2D eigenvalue weighted by Crippen LogP contribution is -2.51. The highest BCUT2D eigenvalue weighted by molar-refractivity contribution is 5.80. The van der Waals surface area contributed by atoms with Gasteiger partial charge in [-0.3, -0.25) is 4.79 Å². The maximum absolute atomic E-state index is 13.3. The number of hydrogen-bond donors (Lipinski definition) is 3. The maximum Gasteiger partial charge on any atom is 0.322 e. The molecule has 5 atom stereocenters. The molecule has 152 valence electrons. The average Bonchev–Trinajstić information content (AvgIpc) is 3.36. The summed E-state index contributed by atoms with van der Waals surface area (Å²) in [6.07, 6.45) is 10.7. The van der Waals surface area contributed by atoms with Crippen molar-refractivity contribution in [3.05, 3.63) is 65.1 Å². The van der Waals surface area contributed by atoms with E-state index in [9.17, 15) is 20.1 Å². The van der Waals surface area contributed by atoms with E-state index in [0.29, 0.717) is 36.0 Å². The second kappa shape index (κ2) is 6.77. The normalized spacial score (nSPS) is 34.4. The van der Waals surface area contributed by atoms with Crippen molar-refractivity contribution in [3.63, 3.8) is 0 Å². The lowest BCUT2D eigenvalue weighted by Gasteiger charge is -2.49. The molecule has 0 aromatic heterocycles. The van der Waals surface area contributed by atoms with Gasteiger partial charge in [0, 0.05) is 0 Å². The molecule has 0 bridgehead atoms.